The van der Waals surface area contributed by atoms with E-state index in [2.05, 4.69) is 20.4 Å². The SMILES string of the molecule is Cc1ccc([N+](=O)[O-])cc1S(=O)(=O)N1CCN(Cc2nnnn2-c2ccccc2)CC1. The van der Waals surface area contributed by atoms with E-state index in [-0.39, 0.29) is 23.7 Å². The van der Waals surface area contributed by atoms with Gasteiger partial charge in [0.05, 0.1) is 22.1 Å². The molecule has 1 saturated heterocycles. The lowest BCUT2D eigenvalue weighted by molar-refractivity contribution is -0.385. The van der Waals surface area contributed by atoms with Crippen molar-refractivity contribution in [1.29, 1.82) is 0 Å². The molecule has 0 bridgehead atoms. The number of tetrazole rings is 1. The molecular weight excluding hydrogens is 422 g/mol. The Morgan fingerprint density at radius 1 is 1.06 bits per heavy atom. The lowest BCUT2D eigenvalue weighted by Gasteiger charge is -2.33. The summed E-state index contributed by atoms with van der Waals surface area (Å²) in [6, 6.07) is 13.4. The van der Waals surface area contributed by atoms with E-state index in [1.807, 2.05) is 30.3 Å². The summed E-state index contributed by atoms with van der Waals surface area (Å²) in [5.74, 6) is 0.664. The summed E-state index contributed by atoms with van der Waals surface area (Å²) in [6.07, 6.45) is 0. The molecule has 4 rings (SSSR count). The summed E-state index contributed by atoms with van der Waals surface area (Å²) in [4.78, 5) is 12.5. The Balaban J connectivity index is 1.46. The first-order chi connectivity index (χ1) is 14.9. The van der Waals surface area contributed by atoms with Crippen LogP contribution < -0.4 is 0 Å². The minimum atomic E-state index is -3.83. The Morgan fingerprint density at radius 2 is 1.77 bits per heavy atom. The highest BCUT2D eigenvalue weighted by Crippen LogP contribution is 2.25. The van der Waals surface area contributed by atoms with Gasteiger partial charge in [-0.05, 0) is 35.0 Å². The van der Waals surface area contributed by atoms with E-state index in [4.69, 9.17) is 0 Å². The van der Waals surface area contributed by atoms with Gasteiger partial charge in [-0.15, -0.1) is 5.10 Å². The second kappa shape index (κ2) is 8.49. The van der Waals surface area contributed by atoms with E-state index in [9.17, 15) is 18.5 Å². The monoisotopic (exact) mass is 443 g/mol. The zero-order chi connectivity index (χ0) is 22.0. The third kappa shape index (κ3) is 4.31. The Kier molecular flexibility index (Phi) is 5.76. The van der Waals surface area contributed by atoms with Gasteiger partial charge >= 0.3 is 0 Å². The molecule has 0 amide bonds. The smallest absolute Gasteiger partial charge is 0.270 e. The van der Waals surface area contributed by atoms with Gasteiger partial charge in [0.15, 0.2) is 5.82 Å². The van der Waals surface area contributed by atoms with Crippen LogP contribution in [-0.2, 0) is 16.6 Å². The van der Waals surface area contributed by atoms with Gasteiger partial charge in [0, 0.05) is 38.3 Å². The van der Waals surface area contributed by atoms with Crippen LogP contribution in [0.25, 0.3) is 5.69 Å². The van der Waals surface area contributed by atoms with Crippen LogP contribution in [0.4, 0.5) is 5.69 Å². The number of para-hydroxylation sites is 1. The average Bonchev–Trinajstić information content (AvgIpc) is 3.23. The molecule has 0 unspecified atom stereocenters. The van der Waals surface area contributed by atoms with Crippen LogP contribution in [0.15, 0.2) is 53.4 Å². The number of aromatic nitrogens is 4. The molecule has 1 aliphatic rings. The number of piperazine rings is 1. The van der Waals surface area contributed by atoms with E-state index in [0.29, 0.717) is 31.0 Å². The second-order valence-corrected chi connectivity index (χ2v) is 9.14. The Hall–Kier alpha value is -3.22. The molecule has 0 saturated carbocycles. The highest BCUT2D eigenvalue weighted by atomic mass is 32.2. The predicted molar refractivity (Wildman–Crippen MR) is 111 cm³/mol. The highest BCUT2D eigenvalue weighted by molar-refractivity contribution is 7.89. The molecule has 1 aliphatic heterocycles. The van der Waals surface area contributed by atoms with E-state index < -0.39 is 14.9 Å². The normalized spacial score (nSPS) is 15.8. The molecule has 12 heteroatoms. The number of nitro groups is 1. The predicted octanol–water partition coefficient (Wildman–Crippen LogP) is 1.39. The van der Waals surface area contributed by atoms with Gasteiger partial charge in [-0.2, -0.15) is 8.99 Å². The molecule has 11 nitrogen and oxygen atoms in total. The summed E-state index contributed by atoms with van der Waals surface area (Å²) in [7, 11) is -3.83. The first-order valence-corrected chi connectivity index (χ1v) is 11.1. The molecule has 162 valence electrons. The molecule has 0 radical (unpaired) electrons. The summed E-state index contributed by atoms with van der Waals surface area (Å²) in [6.45, 7) is 3.65. The molecule has 2 aromatic carbocycles. The molecule has 0 aliphatic carbocycles. The van der Waals surface area contributed by atoms with Crippen molar-refractivity contribution in [2.75, 3.05) is 26.2 Å². The molecule has 2 heterocycles. The van der Waals surface area contributed by atoms with Gasteiger partial charge in [-0.1, -0.05) is 24.3 Å². The van der Waals surface area contributed by atoms with Crippen LogP contribution in [-0.4, -0.2) is 68.9 Å². The summed E-state index contributed by atoms with van der Waals surface area (Å²) < 4.78 is 29.2. The molecule has 0 spiro atoms. The number of non-ortho nitro benzene ring substituents is 1. The molecule has 0 atom stereocenters. The molecule has 0 N–H and O–H groups in total. The van der Waals surface area contributed by atoms with Gasteiger partial charge in [0.2, 0.25) is 10.0 Å². The van der Waals surface area contributed by atoms with Crippen LogP contribution in [0.3, 0.4) is 0 Å². The van der Waals surface area contributed by atoms with E-state index >= 15 is 0 Å². The number of hydrogen-bond donors (Lipinski definition) is 0. The van der Waals surface area contributed by atoms with Crippen molar-refractivity contribution in [2.45, 2.75) is 18.4 Å². The zero-order valence-electron chi connectivity index (χ0n) is 16.8. The van der Waals surface area contributed by atoms with Gasteiger partial charge in [0.25, 0.3) is 5.69 Å². The number of sulfonamides is 1. The largest absolute Gasteiger partial charge is 0.293 e. The van der Waals surface area contributed by atoms with Crippen LogP contribution in [0.2, 0.25) is 0 Å². The number of hydrogen-bond acceptors (Lipinski definition) is 8. The van der Waals surface area contributed by atoms with Crippen molar-refractivity contribution in [3.63, 3.8) is 0 Å². The van der Waals surface area contributed by atoms with Gasteiger partial charge in [-0.3, -0.25) is 15.0 Å². The van der Waals surface area contributed by atoms with Crippen LogP contribution in [0, 0.1) is 17.0 Å². The lowest BCUT2D eigenvalue weighted by atomic mass is 10.2. The fourth-order valence-corrected chi connectivity index (χ4v) is 5.19. The fraction of sp³-hybridized carbons (Fsp3) is 0.316. The molecule has 1 aromatic heterocycles. The van der Waals surface area contributed by atoms with Gasteiger partial charge < -0.3 is 0 Å². The van der Waals surface area contributed by atoms with Crippen LogP contribution in [0.1, 0.15) is 11.4 Å². The summed E-state index contributed by atoms with van der Waals surface area (Å²) in [5.41, 5.74) is 1.09. The van der Waals surface area contributed by atoms with Crippen LogP contribution >= 0.6 is 0 Å². The Labute approximate surface area is 179 Å². The molecule has 3 aromatic rings. The van der Waals surface area contributed by atoms with Crippen molar-refractivity contribution in [2.24, 2.45) is 0 Å². The molecule has 1 fully saturated rings. The molecule has 31 heavy (non-hydrogen) atoms. The third-order valence-corrected chi connectivity index (χ3v) is 7.27. The lowest BCUT2D eigenvalue weighted by Crippen LogP contribution is -2.48. The van der Waals surface area contributed by atoms with Crippen LogP contribution in [0.5, 0.6) is 0 Å². The highest BCUT2D eigenvalue weighted by Gasteiger charge is 2.31. The third-order valence-electron chi connectivity index (χ3n) is 5.23. The van der Waals surface area contributed by atoms with Crippen molar-refractivity contribution in [1.82, 2.24) is 29.4 Å². The average molecular weight is 443 g/mol. The van der Waals surface area contributed by atoms with Gasteiger partial charge in [0.1, 0.15) is 0 Å². The number of aryl methyl sites for hydroxylation is 1. The van der Waals surface area contributed by atoms with Crippen molar-refractivity contribution >= 4 is 15.7 Å². The second-order valence-electron chi connectivity index (χ2n) is 7.23. The Morgan fingerprint density at radius 3 is 2.45 bits per heavy atom. The van der Waals surface area contributed by atoms with E-state index in [1.54, 1.807) is 11.6 Å². The number of nitro benzene ring substituents is 1. The minimum Gasteiger partial charge on any atom is -0.293 e. The maximum Gasteiger partial charge on any atom is 0.270 e. The fourth-order valence-electron chi connectivity index (χ4n) is 3.52. The number of rotatable bonds is 6. The van der Waals surface area contributed by atoms with Crippen molar-refractivity contribution in [3.05, 3.63) is 70.0 Å². The first kappa shape index (κ1) is 21.0. The van der Waals surface area contributed by atoms with Gasteiger partial charge in [-0.25, -0.2) is 8.42 Å². The first-order valence-electron chi connectivity index (χ1n) is 9.66. The van der Waals surface area contributed by atoms with E-state index in [0.717, 1.165) is 11.8 Å². The topological polar surface area (TPSA) is 127 Å². The molecular formula is C19H21N7O4S. The van der Waals surface area contributed by atoms with Crippen molar-refractivity contribution < 1.29 is 13.3 Å². The maximum atomic E-state index is 13.1. The van der Waals surface area contributed by atoms with Crippen molar-refractivity contribution in [3.8, 4) is 5.69 Å². The minimum absolute atomic E-state index is 0.0248. The maximum absolute atomic E-state index is 13.1. The standard InChI is InChI=1S/C19H21N7O4S/c1-15-7-8-17(26(27)28)13-18(15)31(29,30)24-11-9-23(10-12-24)14-19-20-21-22-25(19)16-5-3-2-4-6-16/h2-8,13H,9-12,14H2,1H3. The Bertz CT molecular complexity index is 1190. The summed E-state index contributed by atoms with van der Waals surface area (Å²) >= 11 is 0. The zero-order valence-corrected chi connectivity index (χ0v) is 17.6. The summed E-state index contributed by atoms with van der Waals surface area (Å²) in [5, 5.41) is 23.0. The number of nitrogens with zero attached hydrogens (tertiary/aromatic N) is 7. The van der Waals surface area contributed by atoms with E-state index in [1.165, 1.54) is 16.4 Å². The number of benzene rings is 2. The quantitative estimate of drug-likeness (QED) is 0.413.